The lowest BCUT2D eigenvalue weighted by Gasteiger charge is -2.06. The molecule has 1 aromatic rings. The summed E-state index contributed by atoms with van der Waals surface area (Å²) in [7, 11) is 0. The zero-order chi connectivity index (χ0) is 12.1. The van der Waals surface area contributed by atoms with Crippen LogP contribution in [0, 0.1) is 0 Å². The number of halogens is 2. The first-order valence-electron chi connectivity index (χ1n) is 4.70. The van der Waals surface area contributed by atoms with E-state index in [9.17, 15) is 4.79 Å². The van der Waals surface area contributed by atoms with Crippen molar-refractivity contribution in [2.24, 2.45) is 0 Å². The van der Waals surface area contributed by atoms with E-state index in [1.807, 2.05) is 0 Å². The lowest BCUT2D eigenvalue weighted by molar-refractivity contribution is 0.0954. The lowest BCUT2D eigenvalue weighted by Crippen LogP contribution is -2.24. The quantitative estimate of drug-likeness (QED) is 0.496. The maximum absolute atomic E-state index is 11.6. The van der Waals surface area contributed by atoms with Gasteiger partial charge in [0.25, 0.3) is 5.91 Å². The van der Waals surface area contributed by atoms with E-state index in [4.69, 9.17) is 28.9 Å². The highest BCUT2D eigenvalue weighted by Crippen LogP contribution is 2.28. The second kappa shape index (κ2) is 5.77. The van der Waals surface area contributed by atoms with Gasteiger partial charge in [-0.15, -0.1) is 6.58 Å². The molecule has 86 valence electrons. The molecule has 0 atom stereocenters. The number of hydrogen-bond donors (Lipinski definition) is 2. The number of carbonyl (C=O) groups excluding carboxylic acids is 1. The molecule has 0 saturated carbocycles. The van der Waals surface area contributed by atoms with Crippen molar-refractivity contribution < 1.29 is 4.79 Å². The van der Waals surface area contributed by atoms with Gasteiger partial charge in [0.2, 0.25) is 0 Å². The van der Waals surface area contributed by atoms with Gasteiger partial charge >= 0.3 is 0 Å². The minimum Gasteiger partial charge on any atom is -0.396 e. The molecular formula is C11H12Cl2N2O. The van der Waals surface area contributed by atoms with Crippen LogP contribution in [-0.4, -0.2) is 12.5 Å². The Balaban J connectivity index is 2.80. The summed E-state index contributed by atoms with van der Waals surface area (Å²) in [5.41, 5.74) is 6.24. The Morgan fingerprint density at radius 3 is 2.50 bits per heavy atom. The zero-order valence-electron chi connectivity index (χ0n) is 8.59. The van der Waals surface area contributed by atoms with Crippen LogP contribution in [-0.2, 0) is 0 Å². The molecule has 0 spiro atoms. The lowest BCUT2D eigenvalue weighted by atomic mass is 10.2. The molecule has 0 unspecified atom stereocenters. The van der Waals surface area contributed by atoms with E-state index in [1.165, 1.54) is 12.1 Å². The normalized spacial score (nSPS) is 9.88. The fraction of sp³-hybridized carbons (Fsp3) is 0.182. The van der Waals surface area contributed by atoms with Crippen LogP contribution in [0.4, 0.5) is 5.69 Å². The third-order valence-electron chi connectivity index (χ3n) is 1.98. The first-order chi connectivity index (χ1) is 7.56. The SMILES string of the molecule is C=CCCNC(=O)c1cc(Cl)c(N)c(Cl)c1. The van der Waals surface area contributed by atoms with Gasteiger partial charge in [-0.05, 0) is 18.6 Å². The Kier molecular flexibility index (Phi) is 4.65. The predicted molar refractivity (Wildman–Crippen MR) is 68.0 cm³/mol. The molecule has 0 saturated heterocycles. The van der Waals surface area contributed by atoms with Crippen LogP contribution in [0.25, 0.3) is 0 Å². The van der Waals surface area contributed by atoms with Gasteiger partial charge in [0, 0.05) is 12.1 Å². The summed E-state index contributed by atoms with van der Waals surface area (Å²) in [5.74, 6) is -0.231. The number of benzene rings is 1. The summed E-state index contributed by atoms with van der Waals surface area (Å²) in [4.78, 5) is 11.6. The Labute approximate surface area is 104 Å². The van der Waals surface area contributed by atoms with Crippen molar-refractivity contribution in [1.29, 1.82) is 0 Å². The molecule has 1 aromatic carbocycles. The Hall–Kier alpha value is -1.19. The fourth-order valence-electron chi connectivity index (χ4n) is 1.11. The van der Waals surface area contributed by atoms with E-state index in [1.54, 1.807) is 6.08 Å². The van der Waals surface area contributed by atoms with Crippen LogP contribution >= 0.6 is 23.2 Å². The monoisotopic (exact) mass is 258 g/mol. The van der Waals surface area contributed by atoms with E-state index in [0.717, 1.165) is 0 Å². The van der Waals surface area contributed by atoms with Crippen LogP contribution in [0.1, 0.15) is 16.8 Å². The number of nitrogens with two attached hydrogens (primary N) is 1. The van der Waals surface area contributed by atoms with Crippen molar-refractivity contribution in [3.8, 4) is 0 Å². The zero-order valence-corrected chi connectivity index (χ0v) is 10.1. The standard InChI is InChI=1S/C11H12Cl2N2O/c1-2-3-4-15-11(16)7-5-8(12)10(14)9(13)6-7/h2,5-6H,1,3-4,14H2,(H,15,16). The van der Waals surface area contributed by atoms with Crippen LogP contribution in [0.5, 0.6) is 0 Å². The average Bonchev–Trinajstić information content (AvgIpc) is 2.25. The minimum absolute atomic E-state index is 0.231. The largest absolute Gasteiger partial charge is 0.396 e. The summed E-state index contributed by atoms with van der Waals surface area (Å²) in [6.45, 7) is 4.09. The van der Waals surface area contributed by atoms with E-state index < -0.39 is 0 Å². The van der Waals surface area contributed by atoms with Gasteiger partial charge in [-0.1, -0.05) is 29.3 Å². The maximum Gasteiger partial charge on any atom is 0.251 e. The van der Waals surface area contributed by atoms with E-state index >= 15 is 0 Å². The molecule has 0 radical (unpaired) electrons. The van der Waals surface area contributed by atoms with Gasteiger partial charge in [-0.25, -0.2) is 0 Å². The molecule has 0 aliphatic heterocycles. The van der Waals surface area contributed by atoms with E-state index in [2.05, 4.69) is 11.9 Å². The molecule has 16 heavy (non-hydrogen) atoms. The van der Waals surface area contributed by atoms with Gasteiger partial charge in [-0.3, -0.25) is 4.79 Å². The number of carbonyl (C=O) groups is 1. The molecule has 0 aliphatic carbocycles. The molecule has 0 aromatic heterocycles. The number of rotatable bonds is 4. The van der Waals surface area contributed by atoms with Gasteiger partial charge in [0.05, 0.1) is 15.7 Å². The van der Waals surface area contributed by atoms with Crippen molar-refractivity contribution in [1.82, 2.24) is 5.32 Å². The van der Waals surface area contributed by atoms with Gasteiger partial charge < -0.3 is 11.1 Å². The molecule has 0 heterocycles. The summed E-state index contributed by atoms with van der Waals surface area (Å²) in [6, 6.07) is 2.98. The topological polar surface area (TPSA) is 55.1 Å². The number of hydrogen-bond acceptors (Lipinski definition) is 2. The van der Waals surface area contributed by atoms with Gasteiger partial charge in [-0.2, -0.15) is 0 Å². The predicted octanol–water partition coefficient (Wildman–Crippen LogP) is 2.88. The molecule has 1 amide bonds. The number of nitrogen functional groups attached to an aromatic ring is 1. The van der Waals surface area contributed by atoms with Crippen molar-refractivity contribution >= 4 is 34.8 Å². The van der Waals surface area contributed by atoms with Crippen LogP contribution < -0.4 is 11.1 Å². The van der Waals surface area contributed by atoms with Gasteiger partial charge in [0.1, 0.15) is 0 Å². The Morgan fingerprint density at radius 1 is 1.44 bits per heavy atom. The second-order valence-electron chi connectivity index (χ2n) is 3.19. The second-order valence-corrected chi connectivity index (χ2v) is 4.00. The number of nitrogens with one attached hydrogen (secondary N) is 1. The average molecular weight is 259 g/mol. The Morgan fingerprint density at radius 2 is 2.00 bits per heavy atom. The van der Waals surface area contributed by atoms with Crippen LogP contribution in [0.15, 0.2) is 24.8 Å². The van der Waals surface area contributed by atoms with Crippen molar-refractivity contribution in [2.75, 3.05) is 12.3 Å². The summed E-state index contributed by atoms with van der Waals surface area (Å²) in [6.07, 6.45) is 2.44. The maximum atomic E-state index is 11.6. The van der Waals surface area contributed by atoms with Crippen molar-refractivity contribution in [3.63, 3.8) is 0 Å². The highest BCUT2D eigenvalue weighted by atomic mass is 35.5. The van der Waals surface area contributed by atoms with E-state index in [0.29, 0.717) is 18.5 Å². The molecule has 3 nitrogen and oxygen atoms in total. The first-order valence-corrected chi connectivity index (χ1v) is 5.45. The smallest absolute Gasteiger partial charge is 0.251 e. The van der Waals surface area contributed by atoms with Crippen LogP contribution in [0.2, 0.25) is 10.0 Å². The summed E-state index contributed by atoms with van der Waals surface area (Å²) in [5, 5.41) is 3.26. The summed E-state index contributed by atoms with van der Waals surface area (Å²) >= 11 is 11.6. The number of anilines is 1. The van der Waals surface area contributed by atoms with Crippen molar-refractivity contribution in [2.45, 2.75) is 6.42 Å². The fourth-order valence-corrected chi connectivity index (χ4v) is 1.59. The van der Waals surface area contributed by atoms with Crippen LogP contribution in [0.3, 0.4) is 0 Å². The van der Waals surface area contributed by atoms with E-state index in [-0.39, 0.29) is 21.6 Å². The molecule has 5 heteroatoms. The molecule has 1 rings (SSSR count). The molecular weight excluding hydrogens is 247 g/mol. The first kappa shape index (κ1) is 12.9. The minimum atomic E-state index is -0.231. The number of amides is 1. The van der Waals surface area contributed by atoms with Crippen molar-refractivity contribution in [3.05, 3.63) is 40.4 Å². The third-order valence-corrected chi connectivity index (χ3v) is 2.60. The third kappa shape index (κ3) is 3.15. The molecule has 3 N–H and O–H groups in total. The molecule has 0 fully saturated rings. The molecule has 0 bridgehead atoms. The summed E-state index contributed by atoms with van der Waals surface area (Å²) < 4.78 is 0. The molecule has 0 aliphatic rings. The highest BCUT2D eigenvalue weighted by molar-refractivity contribution is 6.39. The Bertz CT molecular complexity index is 395. The van der Waals surface area contributed by atoms with Gasteiger partial charge in [0.15, 0.2) is 0 Å². The highest BCUT2D eigenvalue weighted by Gasteiger charge is 2.10.